The van der Waals surface area contributed by atoms with Gasteiger partial charge in [-0.2, -0.15) is 0 Å². The summed E-state index contributed by atoms with van der Waals surface area (Å²) in [5.41, 5.74) is -0.0541. The molecule has 1 atom stereocenters. The van der Waals surface area contributed by atoms with Crippen LogP contribution in [0.15, 0.2) is 24.3 Å². The van der Waals surface area contributed by atoms with Gasteiger partial charge in [0.1, 0.15) is 11.4 Å². The molecule has 0 bridgehead atoms. The van der Waals surface area contributed by atoms with E-state index in [4.69, 9.17) is 4.74 Å². The largest absolute Gasteiger partial charge is 0.493 e. The van der Waals surface area contributed by atoms with Crippen LogP contribution in [0.3, 0.4) is 0 Å². The molecule has 0 spiro atoms. The zero-order chi connectivity index (χ0) is 13.4. The molecule has 0 amide bonds. The van der Waals surface area contributed by atoms with Crippen molar-refractivity contribution in [3.8, 4) is 5.75 Å². The smallest absolute Gasteiger partial charge is 0.125 e. The zero-order valence-corrected chi connectivity index (χ0v) is 11.7. The molecule has 0 aliphatic rings. The SMILES string of the molecule is CCCNCC(C)(O)c1ccccc1OCCC. The highest BCUT2D eigenvalue weighted by molar-refractivity contribution is 5.37. The first-order chi connectivity index (χ1) is 8.61. The van der Waals surface area contributed by atoms with Crippen LogP contribution in [0.1, 0.15) is 39.2 Å². The molecule has 0 aliphatic heterocycles. The number of benzene rings is 1. The molecule has 1 rings (SSSR count). The monoisotopic (exact) mass is 251 g/mol. The molecule has 0 aromatic heterocycles. The Morgan fingerprint density at radius 1 is 1.22 bits per heavy atom. The van der Waals surface area contributed by atoms with Crippen molar-refractivity contribution >= 4 is 0 Å². The lowest BCUT2D eigenvalue weighted by atomic mass is 9.95. The van der Waals surface area contributed by atoms with Crippen LogP contribution in [0.25, 0.3) is 0 Å². The summed E-state index contributed by atoms with van der Waals surface area (Å²) in [7, 11) is 0. The lowest BCUT2D eigenvalue weighted by Gasteiger charge is -2.26. The van der Waals surface area contributed by atoms with Gasteiger partial charge in [-0.25, -0.2) is 0 Å². The van der Waals surface area contributed by atoms with Crippen LogP contribution in [-0.2, 0) is 5.60 Å². The molecule has 2 N–H and O–H groups in total. The molecule has 102 valence electrons. The Bertz CT molecular complexity index is 350. The topological polar surface area (TPSA) is 41.5 Å². The summed E-state index contributed by atoms with van der Waals surface area (Å²) in [6, 6.07) is 7.71. The summed E-state index contributed by atoms with van der Waals surface area (Å²) in [5, 5.41) is 13.8. The second-order valence-corrected chi connectivity index (χ2v) is 4.80. The van der Waals surface area contributed by atoms with Gasteiger partial charge < -0.3 is 15.2 Å². The van der Waals surface area contributed by atoms with Crippen LogP contribution in [0.5, 0.6) is 5.75 Å². The van der Waals surface area contributed by atoms with Crippen molar-refractivity contribution in [1.29, 1.82) is 0 Å². The van der Waals surface area contributed by atoms with Crippen molar-refractivity contribution < 1.29 is 9.84 Å². The standard InChI is InChI=1S/C15H25NO2/c1-4-10-16-12-15(3,17)13-8-6-7-9-14(13)18-11-5-2/h6-9,16-17H,4-5,10-12H2,1-3H3. The number of para-hydroxylation sites is 1. The molecule has 0 heterocycles. The second kappa shape index (κ2) is 7.39. The van der Waals surface area contributed by atoms with Gasteiger partial charge in [0, 0.05) is 12.1 Å². The van der Waals surface area contributed by atoms with E-state index in [0.717, 1.165) is 30.7 Å². The minimum Gasteiger partial charge on any atom is -0.493 e. The molecule has 0 saturated carbocycles. The number of nitrogens with one attached hydrogen (secondary N) is 1. The Balaban J connectivity index is 2.78. The molecule has 0 aliphatic carbocycles. The average molecular weight is 251 g/mol. The Morgan fingerprint density at radius 3 is 2.61 bits per heavy atom. The van der Waals surface area contributed by atoms with Gasteiger partial charge in [-0.15, -0.1) is 0 Å². The van der Waals surface area contributed by atoms with Crippen LogP contribution in [-0.4, -0.2) is 24.8 Å². The molecule has 3 heteroatoms. The average Bonchev–Trinajstić information content (AvgIpc) is 2.37. The number of ether oxygens (including phenoxy) is 1. The lowest BCUT2D eigenvalue weighted by Crippen LogP contribution is -2.36. The molecule has 3 nitrogen and oxygen atoms in total. The highest BCUT2D eigenvalue weighted by atomic mass is 16.5. The van der Waals surface area contributed by atoms with Gasteiger partial charge in [-0.3, -0.25) is 0 Å². The van der Waals surface area contributed by atoms with Crippen molar-refractivity contribution in [3.63, 3.8) is 0 Å². The third-order valence-corrected chi connectivity index (χ3v) is 2.82. The highest BCUT2D eigenvalue weighted by Gasteiger charge is 2.26. The van der Waals surface area contributed by atoms with Gasteiger partial charge in [-0.05, 0) is 32.4 Å². The van der Waals surface area contributed by atoms with E-state index in [0.29, 0.717) is 13.2 Å². The fourth-order valence-corrected chi connectivity index (χ4v) is 1.85. The maximum Gasteiger partial charge on any atom is 0.125 e. The summed E-state index contributed by atoms with van der Waals surface area (Å²) in [6.45, 7) is 8.13. The first-order valence-electron chi connectivity index (χ1n) is 6.77. The van der Waals surface area contributed by atoms with Crippen molar-refractivity contribution in [1.82, 2.24) is 5.32 Å². The highest BCUT2D eigenvalue weighted by Crippen LogP contribution is 2.29. The first kappa shape index (κ1) is 15.0. The van der Waals surface area contributed by atoms with Crippen LogP contribution in [0, 0.1) is 0 Å². The van der Waals surface area contributed by atoms with Crippen LogP contribution in [0.2, 0.25) is 0 Å². The molecule has 18 heavy (non-hydrogen) atoms. The lowest BCUT2D eigenvalue weighted by molar-refractivity contribution is 0.0538. The minimum atomic E-state index is -0.903. The van der Waals surface area contributed by atoms with E-state index < -0.39 is 5.60 Å². The van der Waals surface area contributed by atoms with Gasteiger partial charge in [-0.1, -0.05) is 32.0 Å². The predicted molar refractivity (Wildman–Crippen MR) is 75.0 cm³/mol. The van der Waals surface area contributed by atoms with Crippen molar-refractivity contribution in [2.75, 3.05) is 19.7 Å². The summed E-state index contributed by atoms with van der Waals surface area (Å²) >= 11 is 0. The maximum absolute atomic E-state index is 10.6. The van der Waals surface area contributed by atoms with Crippen LogP contribution in [0.4, 0.5) is 0 Å². The van der Waals surface area contributed by atoms with E-state index in [-0.39, 0.29) is 0 Å². The van der Waals surface area contributed by atoms with Gasteiger partial charge in [0.05, 0.1) is 6.61 Å². The fourth-order valence-electron chi connectivity index (χ4n) is 1.85. The van der Waals surface area contributed by atoms with Gasteiger partial charge >= 0.3 is 0 Å². The second-order valence-electron chi connectivity index (χ2n) is 4.80. The summed E-state index contributed by atoms with van der Waals surface area (Å²) in [4.78, 5) is 0. The minimum absolute atomic E-state index is 0.535. The first-order valence-corrected chi connectivity index (χ1v) is 6.77. The van der Waals surface area contributed by atoms with E-state index in [2.05, 4.69) is 19.2 Å². The van der Waals surface area contributed by atoms with Crippen molar-refractivity contribution in [2.45, 2.75) is 39.2 Å². The maximum atomic E-state index is 10.6. The Morgan fingerprint density at radius 2 is 1.94 bits per heavy atom. The molecular formula is C15H25NO2. The van der Waals surface area contributed by atoms with E-state index in [9.17, 15) is 5.11 Å². The quantitative estimate of drug-likeness (QED) is 0.698. The molecule has 0 fully saturated rings. The Labute approximate surface area is 110 Å². The number of hydrogen-bond acceptors (Lipinski definition) is 3. The predicted octanol–water partition coefficient (Wildman–Crippen LogP) is 2.68. The third kappa shape index (κ3) is 4.31. The van der Waals surface area contributed by atoms with Crippen LogP contribution < -0.4 is 10.1 Å². The number of hydrogen-bond donors (Lipinski definition) is 2. The van der Waals surface area contributed by atoms with E-state index in [1.807, 2.05) is 31.2 Å². The molecule has 0 saturated heterocycles. The summed E-state index contributed by atoms with van der Waals surface area (Å²) < 4.78 is 5.69. The normalized spacial score (nSPS) is 14.2. The van der Waals surface area contributed by atoms with Gasteiger partial charge in [0.25, 0.3) is 0 Å². The van der Waals surface area contributed by atoms with E-state index in [1.54, 1.807) is 0 Å². The van der Waals surface area contributed by atoms with E-state index >= 15 is 0 Å². The van der Waals surface area contributed by atoms with Crippen LogP contribution >= 0.6 is 0 Å². The van der Waals surface area contributed by atoms with Gasteiger partial charge in [0.15, 0.2) is 0 Å². The molecule has 1 aromatic rings. The summed E-state index contributed by atoms with van der Waals surface area (Å²) in [6.07, 6.45) is 2.02. The number of rotatable bonds is 8. The number of aliphatic hydroxyl groups is 1. The van der Waals surface area contributed by atoms with Gasteiger partial charge in [0.2, 0.25) is 0 Å². The third-order valence-electron chi connectivity index (χ3n) is 2.82. The molecule has 1 aromatic carbocycles. The fraction of sp³-hybridized carbons (Fsp3) is 0.600. The van der Waals surface area contributed by atoms with E-state index in [1.165, 1.54) is 0 Å². The Hall–Kier alpha value is -1.06. The molecule has 0 radical (unpaired) electrons. The van der Waals surface area contributed by atoms with Crippen molar-refractivity contribution in [2.24, 2.45) is 0 Å². The Kier molecular flexibility index (Phi) is 6.16. The van der Waals surface area contributed by atoms with Crippen molar-refractivity contribution in [3.05, 3.63) is 29.8 Å². The molecular weight excluding hydrogens is 226 g/mol. The summed E-state index contributed by atoms with van der Waals surface area (Å²) in [5.74, 6) is 0.780. The zero-order valence-electron chi connectivity index (χ0n) is 11.7. The molecule has 1 unspecified atom stereocenters.